The highest BCUT2D eigenvalue weighted by Crippen LogP contribution is 2.38. The van der Waals surface area contributed by atoms with Crippen LogP contribution in [0.1, 0.15) is 40.7 Å². The number of carbonyl (C=O) groups excluding carboxylic acids is 1. The largest absolute Gasteiger partial charge is 0.495 e. The molecule has 4 rings (SSSR count). The third-order valence-corrected chi connectivity index (χ3v) is 6.37. The van der Waals surface area contributed by atoms with Crippen LogP contribution in [-0.4, -0.2) is 37.9 Å². The zero-order chi connectivity index (χ0) is 19.5. The Morgan fingerprint density at radius 3 is 2.57 bits per heavy atom. The molecule has 28 heavy (non-hydrogen) atoms. The fourth-order valence-electron chi connectivity index (χ4n) is 4.78. The van der Waals surface area contributed by atoms with Crippen LogP contribution >= 0.6 is 0 Å². The molecule has 1 N–H and O–H groups in total. The molecule has 0 spiro atoms. The van der Waals surface area contributed by atoms with E-state index in [9.17, 15) is 4.79 Å². The van der Waals surface area contributed by atoms with Crippen LogP contribution in [0.2, 0.25) is 0 Å². The first-order valence-corrected chi connectivity index (χ1v) is 10.4. The fourth-order valence-corrected chi connectivity index (χ4v) is 4.78. The van der Waals surface area contributed by atoms with Gasteiger partial charge in [0.25, 0.3) is 0 Å². The third-order valence-electron chi connectivity index (χ3n) is 6.37. The number of anilines is 1. The van der Waals surface area contributed by atoms with Crippen molar-refractivity contribution in [2.24, 2.45) is 11.8 Å². The van der Waals surface area contributed by atoms with E-state index in [4.69, 9.17) is 4.74 Å². The summed E-state index contributed by atoms with van der Waals surface area (Å²) >= 11 is 0. The number of rotatable bonds is 6. The highest BCUT2D eigenvalue weighted by Gasteiger charge is 2.34. The molecule has 1 fully saturated rings. The average molecular weight is 379 g/mol. The van der Waals surface area contributed by atoms with Crippen LogP contribution < -0.4 is 10.1 Å². The van der Waals surface area contributed by atoms with E-state index in [-0.39, 0.29) is 5.92 Å². The number of hydrogen-bond acceptors (Lipinski definition) is 4. The lowest BCUT2D eigenvalue weighted by Gasteiger charge is -2.32. The van der Waals surface area contributed by atoms with Crippen LogP contribution in [0.15, 0.2) is 42.5 Å². The van der Waals surface area contributed by atoms with E-state index in [0.29, 0.717) is 11.7 Å². The highest BCUT2D eigenvalue weighted by atomic mass is 16.5. The molecular formula is C24H30N2O2. The Labute approximate surface area is 167 Å². The van der Waals surface area contributed by atoms with Crippen molar-refractivity contribution in [3.8, 4) is 5.75 Å². The zero-order valence-electron chi connectivity index (χ0n) is 16.9. The Balaban J connectivity index is 1.34. The summed E-state index contributed by atoms with van der Waals surface area (Å²) < 4.78 is 5.44. The summed E-state index contributed by atoms with van der Waals surface area (Å²) in [5.41, 5.74) is 4.38. The lowest BCUT2D eigenvalue weighted by atomic mass is 9.85. The molecule has 1 unspecified atom stereocenters. The number of ether oxygens (including phenoxy) is 1. The predicted octanol–water partition coefficient (Wildman–Crippen LogP) is 4.39. The first-order chi connectivity index (χ1) is 13.7. The quantitative estimate of drug-likeness (QED) is 0.809. The Hall–Kier alpha value is -2.33. The second kappa shape index (κ2) is 8.36. The smallest absolute Gasteiger partial charge is 0.166 e. The third kappa shape index (κ3) is 3.93. The zero-order valence-corrected chi connectivity index (χ0v) is 16.9. The molecule has 4 heteroatoms. The van der Waals surface area contributed by atoms with Crippen LogP contribution in [0, 0.1) is 11.8 Å². The molecule has 0 radical (unpaired) electrons. The second-order valence-electron chi connectivity index (χ2n) is 8.17. The summed E-state index contributed by atoms with van der Waals surface area (Å²) in [5.74, 6) is 1.85. The van der Waals surface area contributed by atoms with Crippen molar-refractivity contribution in [3.63, 3.8) is 0 Å². The summed E-state index contributed by atoms with van der Waals surface area (Å²) in [6.45, 7) is 3.30. The number of nitrogens with one attached hydrogen (secondary N) is 1. The minimum Gasteiger partial charge on any atom is -0.495 e. The molecule has 1 heterocycles. The standard InChI is InChI=1S/C24H30N2O2/c1-25-22-14-19-13-20(24(27)21(19)15-23(22)28-2)12-17-8-10-26(11-9-17)16-18-6-4-3-5-7-18/h3-7,14-15,17,20,25H,8-13,16H2,1-2H3. The molecule has 1 aliphatic carbocycles. The first kappa shape index (κ1) is 19.0. The number of nitrogens with zero attached hydrogens (tertiary/aromatic N) is 1. The van der Waals surface area contributed by atoms with Crippen molar-refractivity contribution in [1.82, 2.24) is 4.90 Å². The molecule has 1 atom stereocenters. The number of Topliss-reactive ketones (excluding diaryl/α,β-unsaturated/α-hetero) is 1. The summed E-state index contributed by atoms with van der Waals surface area (Å²) in [4.78, 5) is 15.5. The van der Waals surface area contributed by atoms with Gasteiger partial charge in [0, 0.05) is 25.1 Å². The van der Waals surface area contributed by atoms with Crippen molar-refractivity contribution in [3.05, 3.63) is 59.2 Å². The molecule has 1 saturated heterocycles. The maximum absolute atomic E-state index is 13.0. The van der Waals surface area contributed by atoms with E-state index in [1.165, 1.54) is 24.0 Å². The SMILES string of the molecule is CNc1cc2c(cc1OC)C(=O)C(CC1CCN(Cc3ccccc3)CC1)C2. The lowest BCUT2D eigenvalue weighted by Crippen LogP contribution is -2.34. The van der Waals surface area contributed by atoms with Crippen LogP contribution in [0.4, 0.5) is 5.69 Å². The average Bonchev–Trinajstić information content (AvgIpc) is 3.03. The normalized spacial score (nSPS) is 20.2. The molecule has 2 aromatic rings. The van der Waals surface area contributed by atoms with E-state index >= 15 is 0 Å². The van der Waals surface area contributed by atoms with Crippen molar-refractivity contribution in [2.75, 3.05) is 32.6 Å². The number of piperidine rings is 1. The Bertz CT molecular complexity index is 826. The van der Waals surface area contributed by atoms with Gasteiger partial charge in [-0.1, -0.05) is 30.3 Å². The molecule has 0 saturated carbocycles. The summed E-state index contributed by atoms with van der Waals surface area (Å²) in [5, 5.41) is 3.17. The predicted molar refractivity (Wildman–Crippen MR) is 113 cm³/mol. The number of hydrogen-bond donors (Lipinski definition) is 1. The van der Waals surface area contributed by atoms with Gasteiger partial charge in [-0.15, -0.1) is 0 Å². The molecule has 4 nitrogen and oxygen atoms in total. The van der Waals surface area contributed by atoms with Gasteiger partial charge in [-0.2, -0.15) is 0 Å². The van der Waals surface area contributed by atoms with E-state index in [1.54, 1.807) is 7.11 Å². The van der Waals surface area contributed by atoms with Gasteiger partial charge in [-0.25, -0.2) is 0 Å². The van der Waals surface area contributed by atoms with E-state index in [2.05, 4.69) is 46.6 Å². The van der Waals surface area contributed by atoms with Crippen LogP contribution in [0.3, 0.4) is 0 Å². The maximum Gasteiger partial charge on any atom is 0.166 e. The highest BCUT2D eigenvalue weighted by molar-refractivity contribution is 6.03. The van der Waals surface area contributed by atoms with E-state index < -0.39 is 0 Å². The molecule has 148 valence electrons. The van der Waals surface area contributed by atoms with Crippen LogP contribution in [0.5, 0.6) is 5.75 Å². The number of fused-ring (bicyclic) bond motifs is 1. The monoisotopic (exact) mass is 378 g/mol. The number of benzene rings is 2. The van der Waals surface area contributed by atoms with Gasteiger partial charge in [-0.05, 0) is 68.0 Å². The maximum atomic E-state index is 13.0. The van der Waals surface area contributed by atoms with Crippen molar-refractivity contribution < 1.29 is 9.53 Å². The molecule has 0 aromatic heterocycles. The summed E-state index contributed by atoms with van der Waals surface area (Å²) in [6.07, 6.45) is 4.27. The molecule has 0 amide bonds. The Kier molecular flexibility index (Phi) is 5.67. The number of likely N-dealkylation sites (tertiary alicyclic amines) is 1. The van der Waals surface area contributed by atoms with Crippen LogP contribution in [0.25, 0.3) is 0 Å². The number of ketones is 1. The van der Waals surface area contributed by atoms with Gasteiger partial charge in [0.2, 0.25) is 0 Å². The molecule has 2 aromatic carbocycles. The van der Waals surface area contributed by atoms with Gasteiger partial charge in [0.05, 0.1) is 12.8 Å². The van der Waals surface area contributed by atoms with Gasteiger partial charge >= 0.3 is 0 Å². The minimum absolute atomic E-state index is 0.137. The van der Waals surface area contributed by atoms with Gasteiger partial charge in [0.15, 0.2) is 5.78 Å². The van der Waals surface area contributed by atoms with Crippen molar-refractivity contribution in [2.45, 2.75) is 32.2 Å². The van der Waals surface area contributed by atoms with Crippen LogP contribution in [-0.2, 0) is 13.0 Å². The van der Waals surface area contributed by atoms with Gasteiger partial charge in [0.1, 0.15) is 5.75 Å². The van der Waals surface area contributed by atoms with Gasteiger partial charge < -0.3 is 10.1 Å². The molecule has 1 aliphatic heterocycles. The second-order valence-corrected chi connectivity index (χ2v) is 8.17. The van der Waals surface area contributed by atoms with E-state index in [1.807, 2.05) is 13.1 Å². The Morgan fingerprint density at radius 2 is 1.89 bits per heavy atom. The Morgan fingerprint density at radius 1 is 1.14 bits per heavy atom. The van der Waals surface area contributed by atoms with Crippen molar-refractivity contribution >= 4 is 11.5 Å². The minimum atomic E-state index is 0.137. The number of carbonyl (C=O) groups is 1. The molecule has 0 bridgehead atoms. The summed E-state index contributed by atoms with van der Waals surface area (Å²) in [6, 6.07) is 14.7. The molecule has 2 aliphatic rings. The van der Waals surface area contributed by atoms with Crippen molar-refractivity contribution in [1.29, 1.82) is 0 Å². The topological polar surface area (TPSA) is 41.6 Å². The van der Waals surface area contributed by atoms with E-state index in [0.717, 1.165) is 49.5 Å². The lowest BCUT2D eigenvalue weighted by molar-refractivity contribution is 0.0895. The molecular weight excluding hydrogens is 348 g/mol. The first-order valence-electron chi connectivity index (χ1n) is 10.4. The number of methoxy groups -OCH3 is 1. The fraction of sp³-hybridized carbons (Fsp3) is 0.458. The van der Waals surface area contributed by atoms with Gasteiger partial charge in [-0.3, -0.25) is 9.69 Å². The summed E-state index contributed by atoms with van der Waals surface area (Å²) in [7, 11) is 3.55.